The molecule has 7 fully saturated rings. The molecule has 0 aromatic rings. The van der Waals surface area contributed by atoms with Crippen molar-refractivity contribution < 1.29 is 19.3 Å². The Labute approximate surface area is 211 Å². The minimum absolute atomic E-state index is 0.0251. The van der Waals surface area contributed by atoms with Crippen LogP contribution >= 0.6 is 0 Å². The number of piperidine rings is 1. The van der Waals surface area contributed by atoms with E-state index < -0.39 is 0 Å². The van der Waals surface area contributed by atoms with Crippen molar-refractivity contribution in [3.63, 3.8) is 0 Å². The fraction of sp³-hybridized carbons (Fsp3) is 0.867. The van der Waals surface area contributed by atoms with Crippen LogP contribution in [0.4, 0.5) is 0 Å². The molecule has 6 aliphatic carbocycles. The SMILES string of the molecule is CO[C@]12CCC3(CC1CC(C)(C)C)C1CC4=CC=C(OCCO)C5OC2[C@@]3(CCN1CC1CC1)C45. The van der Waals surface area contributed by atoms with Crippen molar-refractivity contribution in [1.82, 2.24) is 4.90 Å². The van der Waals surface area contributed by atoms with Crippen LogP contribution in [0, 0.1) is 34.0 Å². The van der Waals surface area contributed by atoms with Gasteiger partial charge in [-0.3, -0.25) is 4.90 Å². The van der Waals surface area contributed by atoms with Crippen molar-refractivity contribution in [3.8, 4) is 0 Å². The first-order valence-electron chi connectivity index (χ1n) is 14.4. The van der Waals surface area contributed by atoms with E-state index in [1.165, 1.54) is 58.0 Å². The van der Waals surface area contributed by atoms with Gasteiger partial charge in [0.15, 0.2) is 0 Å². The van der Waals surface area contributed by atoms with E-state index in [4.69, 9.17) is 14.2 Å². The molecule has 0 amide bonds. The summed E-state index contributed by atoms with van der Waals surface area (Å²) in [5.41, 5.74) is 2.09. The topological polar surface area (TPSA) is 51.2 Å². The third-order valence-corrected chi connectivity index (χ3v) is 11.5. The van der Waals surface area contributed by atoms with Crippen LogP contribution in [0.2, 0.25) is 0 Å². The van der Waals surface area contributed by atoms with Crippen molar-refractivity contribution in [1.29, 1.82) is 0 Å². The zero-order valence-corrected chi connectivity index (χ0v) is 22.2. The van der Waals surface area contributed by atoms with Crippen LogP contribution in [-0.4, -0.2) is 67.3 Å². The Hall–Kier alpha value is -0.880. The number of aliphatic hydroxyl groups excluding tert-OH is 1. The molecule has 8 atom stereocenters. The summed E-state index contributed by atoms with van der Waals surface area (Å²) in [6.45, 7) is 10.1. The largest absolute Gasteiger partial charge is 0.493 e. The van der Waals surface area contributed by atoms with Crippen LogP contribution in [0.5, 0.6) is 0 Å². The molecule has 2 spiro atoms. The second kappa shape index (κ2) is 7.58. The number of hydrogen-bond donors (Lipinski definition) is 1. The summed E-state index contributed by atoms with van der Waals surface area (Å²) in [7, 11) is 1.97. The van der Waals surface area contributed by atoms with Gasteiger partial charge in [-0.05, 0) is 86.7 Å². The zero-order valence-electron chi connectivity index (χ0n) is 22.2. The zero-order chi connectivity index (χ0) is 24.2. The Bertz CT molecular complexity index is 948. The average molecular weight is 484 g/mol. The highest BCUT2D eigenvalue weighted by Crippen LogP contribution is 2.80. The van der Waals surface area contributed by atoms with Crippen LogP contribution in [0.25, 0.3) is 0 Å². The van der Waals surface area contributed by atoms with Crippen LogP contribution in [0.15, 0.2) is 23.5 Å². The number of rotatable bonds is 7. The standard InChI is InChI=1S/C30H45NO4/c1-27(2,3)16-21-17-28-9-10-30(21,33-4)26-29(28)11-12-31(18-19-5-6-19)23(28)15-20-7-8-22(34-14-13-32)25(35-26)24(20)29/h7-8,19,21,23-26,32H,5-6,9-18H2,1-4H3/t21?,23?,24?,25?,26?,28?,29-,30-/m1/s1. The first kappa shape index (κ1) is 23.3. The second-order valence-electron chi connectivity index (χ2n) is 14.2. The van der Waals surface area contributed by atoms with E-state index in [0.29, 0.717) is 29.9 Å². The van der Waals surface area contributed by atoms with Crippen molar-refractivity contribution >= 4 is 0 Å². The van der Waals surface area contributed by atoms with E-state index in [-0.39, 0.29) is 35.2 Å². The van der Waals surface area contributed by atoms with Gasteiger partial charge in [0.05, 0.1) is 18.3 Å². The van der Waals surface area contributed by atoms with Crippen LogP contribution < -0.4 is 0 Å². The van der Waals surface area contributed by atoms with Gasteiger partial charge >= 0.3 is 0 Å². The van der Waals surface area contributed by atoms with Gasteiger partial charge in [0.1, 0.15) is 18.5 Å². The van der Waals surface area contributed by atoms with Crippen LogP contribution in [0.1, 0.15) is 72.1 Å². The highest BCUT2D eigenvalue weighted by atomic mass is 16.6. The predicted molar refractivity (Wildman–Crippen MR) is 135 cm³/mol. The number of fused-ring (bicyclic) bond motifs is 2. The minimum Gasteiger partial charge on any atom is -0.493 e. The summed E-state index contributed by atoms with van der Waals surface area (Å²) in [4.78, 5) is 2.94. The Morgan fingerprint density at radius 1 is 1.17 bits per heavy atom. The Balaban J connectivity index is 1.38. The Morgan fingerprint density at radius 3 is 2.71 bits per heavy atom. The molecule has 6 unspecified atom stereocenters. The van der Waals surface area contributed by atoms with E-state index in [1.54, 1.807) is 5.57 Å². The minimum atomic E-state index is -0.208. The number of ether oxygens (including phenoxy) is 3. The summed E-state index contributed by atoms with van der Waals surface area (Å²) >= 11 is 0. The first-order valence-corrected chi connectivity index (χ1v) is 14.4. The van der Waals surface area contributed by atoms with Gasteiger partial charge in [-0.25, -0.2) is 0 Å². The van der Waals surface area contributed by atoms with Gasteiger partial charge in [0, 0.05) is 31.0 Å². The van der Waals surface area contributed by atoms with E-state index in [1.807, 2.05) is 7.11 Å². The van der Waals surface area contributed by atoms with E-state index in [9.17, 15) is 5.11 Å². The van der Waals surface area contributed by atoms with Crippen molar-refractivity contribution in [3.05, 3.63) is 23.5 Å². The lowest BCUT2D eigenvalue weighted by molar-refractivity contribution is -0.316. The summed E-state index contributed by atoms with van der Waals surface area (Å²) in [6, 6.07) is 0.634. The molecule has 0 aromatic heterocycles. The third-order valence-electron chi connectivity index (χ3n) is 11.5. The Kier molecular flexibility index (Phi) is 5.04. The molecule has 8 rings (SSSR count). The monoisotopic (exact) mass is 483 g/mol. The number of allylic oxidation sites excluding steroid dienone is 2. The fourth-order valence-electron chi connectivity index (χ4n) is 10.4. The Morgan fingerprint density at radius 2 is 2.00 bits per heavy atom. The second-order valence-corrected chi connectivity index (χ2v) is 14.2. The van der Waals surface area contributed by atoms with Gasteiger partial charge in [0.25, 0.3) is 0 Å². The quantitative estimate of drug-likeness (QED) is 0.569. The van der Waals surface area contributed by atoms with Gasteiger partial charge < -0.3 is 19.3 Å². The maximum atomic E-state index is 9.48. The molecule has 35 heavy (non-hydrogen) atoms. The highest BCUT2D eigenvalue weighted by Gasteiger charge is 2.82. The van der Waals surface area contributed by atoms with E-state index >= 15 is 0 Å². The maximum Gasteiger partial charge on any atom is 0.126 e. The fourth-order valence-corrected chi connectivity index (χ4v) is 10.4. The maximum absolute atomic E-state index is 9.48. The number of hydrogen-bond acceptors (Lipinski definition) is 5. The lowest BCUT2D eigenvalue weighted by atomic mass is 9.32. The van der Waals surface area contributed by atoms with Gasteiger partial charge in [-0.15, -0.1) is 0 Å². The highest BCUT2D eigenvalue weighted by molar-refractivity contribution is 5.43. The predicted octanol–water partition coefficient (Wildman–Crippen LogP) is 4.70. The molecule has 2 aliphatic heterocycles. The molecule has 194 valence electrons. The first-order chi connectivity index (χ1) is 16.8. The van der Waals surface area contributed by atoms with Crippen molar-refractivity contribution in [2.45, 2.75) is 96.0 Å². The number of methoxy groups -OCH3 is 1. The number of nitrogens with zero attached hydrogens (tertiary/aromatic N) is 1. The van der Waals surface area contributed by atoms with Gasteiger partial charge in [-0.2, -0.15) is 0 Å². The molecule has 2 saturated heterocycles. The molecule has 8 aliphatic rings. The summed E-state index contributed by atoms with van der Waals surface area (Å²) in [5, 5.41) is 9.48. The molecular weight excluding hydrogens is 438 g/mol. The third kappa shape index (κ3) is 2.96. The average Bonchev–Trinajstić information content (AvgIpc) is 3.56. The van der Waals surface area contributed by atoms with Crippen LogP contribution in [-0.2, 0) is 14.2 Å². The number of likely N-dealkylation sites (tertiary alicyclic amines) is 1. The summed E-state index contributed by atoms with van der Waals surface area (Å²) in [6.07, 6.45) is 14.8. The molecule has 4 bridgehead atoms. The molecule has 5 heteroatoms. The molecule has 0 aromatic carbocycles. The molecule has 0 radical (unpaired) electrons. The lowest BCUT2D eigenvalue weighted by Crippen LogP contribution is -2.80. The van der Waals surface area contributed by atoms with E-state index in [2.05, 4.69) is 37.8 Å². The molecular formula is C30H45NO4. The smallest absolute Gasteiger partial charge is 0.126 e. The van der Waals surface area contributed by atoms with E-state index in [0.717, 1.165) is 18.1 Å². The molecule has 5 nitrogen and oxygen atoms in total. The summed E-state index contributed by atoms with van der Waals surface area (Å²) in [5.74, 6) is 2.79. The van der Waals surface area contributed by atoms with Crippen molar-refractivity contribution in [2.75, 3.05) is 33.4 Å². The molecule has 2 heterocycles. The lowest BCUT2D eigenvalue weighted by Gasteiger charge is -2.76. The molecule has 1 N–H and O–H groups in total. The van der Waals surface area contributed by atoms with Crippen LogP contribution in [0.3, 0.4) is 0 Å². The molecule has 5 saturated carbocycles. The number of aliphatic hydroxyl groups is 1. The van der Waals surface area contributed by atoms with Gasteiger partial charge in [0.2, 0.25) is 0 Å². The normalized spacial score (nSPS) is 47.9. The van der Waals surface area contributed by atoms with Gasteiger partial charge in [-0.1, -0.05) is 32.4 Å². The van der Waals surface area contributed by atoms with Crippen molar-refractivity contribution in [2.24, 2.45) is 34.0 Å². The summed E-state index contributed by atoms with van der Waals surface area (Å²) < 4.78 is 20.1.